The molecular formula is C17H22N4O. The van der Waals surface area contributed by atoms with E-state index < -0.39 is 0 Å². The third kappa shape index (κ3) is 4.04. The molecule has 0 atom stereocenters. The first-order valence-corrected chi connectivity index (χ1v) is 7.36. The Labute approximate surface area is 131 Å². The van der Waals surface area contributed by atoms with E-state index in [-0.39, 0.29) is 11.3 Å². The van der Waals surface area contributed by atoms with Gasteiger partial charge in [0.25, 0.3) is 5.91 Å². The van der Waals surface area contributed by atoms with Gasteiger partial charge in [0.2, 0.25) is 0 Å². The molecule has 1 aromatic heterocycles. The maximum atomic E-state index is 12.0. The van der Waals surface area contributed by atoms with Crippen molar-refractivity contribution < 1.29 is 4.79 Å². The van der Waals surface area contributed by atoms with Gasteiger partial charge in [0, 0.05) is 23.9 Å². The predicted octanol–water partition coefficient (Wildman–Crippen LogP) is 2.96. The average molecular weight is 298 g/mol. The molecular weight excluding hydrogens is 276 g/mol. The standard InChI is InChI=1S/C17H22N4O/c1-5-21-12-13(11-19-21)10-18-20-16(22)14-6-8-15(9-7-14)17(2,3)4/h6-12H,5H2,1-4H3,(H,20,22)/b18-10-. The van der Waals surface area contributed by atoms with Crippen molar-refractivity contribution in [3.63, 3.8) is 0 Å². The molecule has 0 aliphatic heterocycles. The van der Waals surface area contributed by atoms with Crippen LogP contribution in [0.5, 0.6) is 0 Å². The van der Waals surface area contributed by atoms with Crippen molar-refractivity contribution in [3.8, 4) is 0 Å². The highest BCUT2D eigenvalue weighted by Crippen LogP contribution is 2.22. The molecule has 0 aliphatic rings. The third-order valence-electron chi connectivity index (χ3n) is 3.37. The number of aryl methyl sites for hydroxylation is 1. The molecule has 5 nitrogen and oxygen atoms in total. The molecule has 0 radical (unpaired) electrons. The molecule has 0 aliphatic carbocycles. The topological polar surface area (TPSA) is 59.3 Å². The summed E-state index contributed by atoms with van der Waals surface area (Å²) in [5.74, 6) is -0.223. The molecule has 2 aromatic rings. The lowest BCUT2D eigenvalue weighted by molar-refractivity contribution is 0.0955. The fourth-order valence-corrected chi connectivity index (χ4v) is 1.97. The van der Waals surface area contributed by atoms with Crippen LogP contribution in [0, 0.1) is 0 Å². The number of aromatic nitrogens is 2. The third-order valence-corrected chi connectivity index (χ3v) is 3.37. The highest BCUT2D eigenvalue weighted by molar-refractivity contribution is 5.94. The van der Waals surface area contributed by atoms with E-state index in [0.717, 1.165) is 12.1 Å². The lowest BCUT2D eigenvalue weighted by Crippen LogP contribution is -2.18. The van der Waals surface area contributed by atoms with E-state index in [0.29, 0.717) is 5.56 Å². The second-order valence-electron chi connectivity index (χ2n) is 6.16. The Kier molecular flexibility index (Phi) is 4.75. The SMILES string of the molecule is CCn1cc(/C=N\NC(=O)c2ccc(C(C)(C)C)cc2)cn1. The minimum Gasteiger partial charge on any atom is -0.272 e. The zero-order valence-corrected chi connectivity index (χ0v) is 13.5. The van der Waals surface area contributed by atoms with E-state index in [1.54, 1.807) is 17.1 Å². The summed E-state index contributed by atoms with van der Waals surface area (Å²) >= 11 is 0. The summed E-state index contributed by atoms with van der Waals surface area (Å²) in [7, 11) is 0. The smallest absolute Gasteiger partial charge is 0.271 e. The Morgan fingerprint density at radius 2 is 2.00 bits per heavy atom. The summed E-state index contributed by atoms with van der Waals surface area (Å²) in [5, 5.41) is 8.09. The van der Waals surface area contributed by atoms with Crippen LogP contribution in [0.2, 0.25) is 0 Å². The molecule has 0 fully saturated rings. The molecule has 0 saturated heterocycles. The summed E-state index contributed by atoms with van der Waals surface area (Å²) in [6.07, 6.45) is 5.16. The quantitative estimate of drug-likeness (QED) is 0.697. The van der Waals surface area contributed by atoms with Gasteiger partial charge in [-0.15, -0.1) is 0 Å². The van der Waals surface area contributed by atoms with Crippen molar-refractivity contribution >= 4 is 12.1 Å². The van der Waals surface area contributed by atoms with Gasteiger partial charge in [0.05, 0.1) is 12.4 Å². The fraction of sp³-hybridized carbons (Fsp3) is 0.353. The first kappa shape index (κ1) is 15.9. The minimum absolute atomic E-state index is 0.0760. The van der Waals surface area contributed by atoms with Gasteiger partial charge in [-0.05, 0) is 30.0 Å². The first-order chi connectivity index (χ1) is 10.4. The zero-order valence-electron chi connectivity index (χ0n) is 13.5. The van der Waals surface area contributed by atoms with Crippen molar-refractivity contribution in [1.29, 1.82) is 0 Å². The number of nitrogens with one attached hydrogen (secondary N) is 1. The van der Waals surface area contributed by atoms with Crippen LogP contribution in [0.4, 0.5) is 0 Å². The number of carbonyl (C=O) groups excluding carboxylic acids is 1. The van der Waals surface area contributed by atoms with Crippen LogP contribution in [0.1, 0.15) is 49.2 Å². The fourth-order valence-electron chi connectivity index (χ4n) is 1.97. The number of amides is 1. The highest BCUT2D eigenvalue weighted by atomic mass is 16.2. The van der Waals surface area contributed by atoms with Gasteiger partial charge in [0.15, 0.2) is 0 Å². The molecule has 1 aromatic carbocycles. The Morgan fingerprint density at radius 1 is 1.32 bits per heavy atom. The van der Waals surface area contributed by atoms with Crippen molar-refractivity contribution in [2.45, 2.75) is 39.7 Å². The number of benzene rings is 1. The minimum atomic E-state index is -0.223. The number of carbonyl (C=O) groups is 1. The van der Waals surface area contributed by atoms with Crippen molar-refractivity contribution in [1.82, 2.24) is 15.2 Å². The maximum Gasteiger partial charge on any atom is 0.271 e. The summed E-state index contributed by atoms with van der Waals surface area (Å²) in [6, 6.07) is 7.59. The molecule has 0 unspecified atom stereocenters. The molecule has 1 heterocycles. The number of hydrazone groups is 1. The molecule has 1 N–H and O–H groups in total. The van der Waals surface area contributed by atoms with E-state index in [2.05, 4.69) is 36.4 Å². The lowest BCUT2D eigenvalue weighted by atomic mass is 9.87. The summed E-state index contributed by atoms with van der Waals surface area (Å²) in [5.41, 5.74) is 5.24. The van der Waals surface area contributed by atoms with Gasteiger partial charge in [-0.2, -0.15) is 10.2 Å². The van der Waals surface area contributed by atoms with E-state index in [4.69, 9.17) is 0 Å². The maximum absolute atomic E-state index is 12.0. The van der Waals surface area contributed by atoms with Crippen LogP contribution in [-0.2, 0) is 12.0 Å². The molecule has 0 saturated carbocycles. The van der Waals surface area contributed by atoms with Crippen LogP contribution in [0.15, 0.2) is 41.8 Å². The number of hydrogen-bond acceptors (Lipinski definition) is 3. The lowest BCUT2D eigenvalue weighted by Gasteiger charge is -2.18. The van der Waals surface area contributed by atoms with Crippen molar-refractivity contribution in [2.75, 3.05) is 0 Å². The van der Waals surface area contributed by atoms with Gasteiger partial charge in [0.1, 0.15) is 0 Å². The van der Waals surface area contributed by atoms with Gasteiger partial charge in [-0.3, -0.25) is 9.48 Å². The monoisotopic (exact) mass is 298 g/mol. The molecule has 0 bridgehead atoms. The summed E-state index contributed by atoms with van der Waals surface area (Å²) in [4.78, 5) is 12.0. The average Bonchev–Trinajstić information content (AvgIpc) is 2.94. The Hall–Kier alpha value is -2.43. The van der Waals surface area contributed by atoms with Crippen LogP contribution < -0.4 is 5.43 Å². The van der Waals surface area contributed by atoms with Crippen LogP contribution in [-0.4, -0.2) is 21.9 Å². The largest absolute Gasteiger partial charge is 0.272 e. The van der Waals surface area contributed by atoms with Crippen LogP contribution in [0.25, 0.3) is 0 Å². The normalized spacial score (nSPS) is 11.8. The molecule has 0 spiro atoms. The van der Waals surface area contributed by atoms with Gasteiger partial charge in [-0.25, -0.2) is 5.43 Å². The predicted molar refractivity (Wildman–Crippen MR) is 88.1 cm³/mol. The van der Waals surface area contributed by atoms with Crippen LogP contribution in [0.3, 0.4) is 0 Å². The molecule has 2 rings (SSSR count). The second-order valence-corrected chi connectivity index (χ2v) is 6.16. The second kappa shape index (κ2) is 6.56. The first-order valence-electron chi connectivity index (χ1n) is 7.36. The van der Waals surface area contributed by atoms with Crippen LogP contribution >= 0.6 is 0 Å². The molecule has 1 amide bonds. The Balaban J connectivity index is 1.97. The number of rotatable bonds is 4. The van der Waals surface area contributed by atoms with Crippen molar-refractivity contribution in [2.24, 2.45) is 5.10 Å². The van der Waals surface area contributed by atoms with Gasteiger partial charge >= 0.3 is 0 Å². The molecule has 5 heteroatoms. The highest BCUT2D eigenvalue weighted by Gasteiger charge is 2.14. The van der Waals surface area contributed by atoms with Gasteiger partial charge < -0.3 is 0 Å². The van der Waals surface area contributed by atoms with E-state index in [9.17, 15) is 4.79 Å². The summed E-state index contributed by atoms with van der Waals surface area (Å²) < 4.78 is 1.80. The van der Waals surface area contributed by atoms with E-state index in [1.165, 1.54) is 5.56 Å². The van der Waals surface area contributed by atoms with E-state index >= 15 is 0 Å². The number of hydrogen-bond donors (Lipinski definition) is 1. The Bertz CT molecular complexity index is 663. The zero-order chi connectivity index (χ0) is 16.2. The van der Waals surface area contributed by atoms with Gasteiger partial charge in [-0.1, -0.05) is 32.9 Å². The Morgan fingerprint density at radius 3 is 2.55 bits per heavy atom. The molecule has 22 heavy (non-hydrogen) atoms. The van der Waals surface area contributed by atoms with Crippen molar-refractivity contribution in [3.05, 3.63) is 53.3 Å². The molecule has 116 valence electrons. The summed E-state index contributed by atoms with van der Waals surface area (Å²) in [6.45, 7) is 9.24. The number of nitrogens with zero attached hydrogens (tertiary/aromatic N) is 3. The van der Waals surface area contributed by atoms with E-state index in [1.807, 2.05) is 37.4 Å².